The average Bonchev–Trinajstić information content (AvgIpc) is 2.76. The highest BCUT2D eigenvalue weighted by Crippen LogP contribution is 2.17. The van der Waals surface area contributed by atoms with Gasteiger partial charge in [0, 0.05) is 11.4 Å². The summed E-state index contributed by atoms with van der Waals surface area (Å²) in [5.74, 6) is -1.38. The van der Waals surface area contributed by atoms with Crippen molar-refractivity contribution in [2.75, 3.05) is 7.11 Å². The zero-order valence-electron chi connectivity index (χ0n) is 17.8. The van der Waals surface area contributed by atoms with Gasteiger partial charge in [0.1, 0.15) is 18.7 Å². The van der Waals surface area contributed by atoms with E-state index in [1.54, 1.807) is 38.1 Å². The Bertz CT molecular complexity index is 889. The van der Waals surface area contributed by atoms with Crippen LogP contribution in [0.15, 0.2) is 54.6 Å². The molecular weight excluding hydrogens is 420 g/mol. The van der Waals surface area contributed by atoms with Gasteiger partial charge in [-0.2, -0.15) is 0 Å². The Morgan fingerprint density at radius 2 is 1.61 bits per heavy atom. The topological polar surface area (TPSA) is 93.7 Å². The Balaban J connectivity index is 2.03. The maximum atomic E-state index is 12.9. The van der Waals surface area contributed by atoms with Crippen molar-refractivity contribution >= 4 is 29.6 Å². The molecule has 2 amide bonds. The van der Waals surface area contributed by atoms with Gasteiger partial charge in [0.25, 0.3) is 0 Å². The number of esters is 1. The maximum Gasteiger partial charge on any atom is 0.408 e. The summed E-state index contributed by atoms with van der Waals surface area (Å²) in [6, 6.07) is 14.4. The van der Waals surface area contributed by atoms with E-state index in [-0.39, 0.29) is 18.9 Å². The number of amides is 2. The molecule has 2 atom stereocenters. The van der Waals surface area contributed by atoms with E-state index in [0.717, 1.165) is 5.56 Å². The lowest BCUT2D eigenvalue weighted by atomic mass is 10.0. The molecule has 0 saturated carbocycles. The highest BCUT2D eigenvalue weighted by Gasteiger charge is 2.30. The van der Waals surface area contributed by atoms with Gasteiger partial charge in [-0.05, 0) is 23.1 Å². The Labute approximate surface area is 187 Å². The van der Waals surface area contributed by atoms with Crippen LogP contribution in [0.1, 0.15) is 25.0 Å². The smallest absolute Gasteiger partial charge is 0.408 e. The zero-order valence-corrected chi connectivity index (χ0v) is 18.5. The Morgan fingerprint density at radius 3 is 2.23 bits per heavy atom. The van der Waals surface area contributed by atoms with Crippen LogP contribution in [0.5, 0.6) is 0 Å². The quantitative estimate of drug-likeness (QED) is 0.575. The normalized spacial score (nSPS) is 12.5. The zero-order chi connectivity index (χ0) is 22.8. The van der Waals surface area contributed by atoms with Crippen LogP contribution < -0.4 is 10.6 Å². The van der Waals surface area contributed by atoms with E-state index in [1.807, 2.05) is 30.3 Å². The predicted octanol–water partition coefficient (Wildman–Crippen LogP) is 3.49. The molecule has 0 spiro atoms. The molecule has 0 heterocycles. The first-order valence-electron chi connectivity index (χ1n) is 9.90. The Kier molecular flexibility index (Phi) is 9.34. The van der Waals surface area contributed by atoms with Crippen molar-refractivity contribution in [3.63, 3.8) is 0 Å². The van der Waals surface area contributed by atoms with E-state index in [2.05, 4.69) is 10.6 Å². The van der Waals surface area contributed by atoms with Gasteiger partial charge in [-0.15, -0.1) is 0 Å². The molecule has 0 saturated heterocycles. The third kappa shape index (κ3) is 7.61. The minimum absolute atomic E-state index is 0.0798. The van der Waals surface area contributed by atoms with Crippen molar-refractivity contribution in [2.24, 2.45) is 5.92 Å². The molecule has 166 valence electrons. The summed E-state index contributed by atoms with van der Waals surface area (Å²) < 4.78 is 10.0. The van der Waals surface area contributed by atoms with Crippen LogP contribution >= 0.6 is 11.6 Å². The van der Waals surface area contributed by atoms with Gasteiger partial charge in [0.2, 0.25) is 5.91 Å². The first-order chi connectivity index (χ1) is 14.8. The van der Waals surface area contributed by atoms with Crippen LogP contribution in [0.25, 0.3) is 0 Å². The summed E-state index contributed by atoms with van der Waals surface area (Å²) in [7, 11) is 1.24. The van der Waals surface area contributed by atoms with Crippen LogP contribution in [-0.4, -0.2) is 37.2 Å². The SMILES string of the molecule is COC(=O)[C@@H](Cc1ccccc1Cl)NC(=O)[C@@H](NC(=O)OCc1ccccc1)C(C)C. The highest BCUT2D eigenvalue weighted by molar-refractivity contribution is 6.31. The second kappa shape index (κ2) is 12.0. The number of rotatable bonds is 9. The number of nitrogens with one attached hydrogen (secondary N) is 2. The molecule has 8 heteroatoms. The first kappa shape index (κ1) is 24.2. The molecule has 0 fully saturated rings. The number of carbonyl (C=O) groups excluding carboxylic acids is 3. The lowest BCUT2D eigenvalue weighted by Gasteiger charge is -2.24. The highest BCUT2D eigenvalue weighted by atomic mass is 35.5. The van der Waals surface area contributed by atoms with Gasteiger partial charge in [0.05, 0.1) is 7.11 Å². The lowest BCUT2D eigenvalue weighted by molar-refractivity contribution is -0.145. The Morgan fingerprint density at radius 1 is 0.968 bits per heavy atom. The number of methoxy groups -OCH3 is 1. The molecule has 0 aliphatic rings. The summed E-state index contributed by atoms with van der Waals surface area (Å²) >= 11 is 6.18. The molecule has 7 nitrogen and oxygen atoms in total. The number of halogens is 1. The standard InChI is InChI=1S/C23H27ClN2O5/c1-15(2)20(26-23(29)31-14-16-9-5-4-6-10-16)21(27)25-19(22(28)30-3)13-17-11-7-8-12-18(17)24/h4-12,15,19-20H,13-14H2,1-3H3,(H,25,27)(H,26,29)/t19-,20+/m1/s1. The average molecular weight is 447 g/mol. The first-order valence-corrected chi connectivity index (χ1v) is 10.3. The Hall–Kier alpha value is -3.06. The minimum atomic E-state index is -0.958. The van der Waals surface area contributed by atoms with E-state index in [4.69, 9.17) is 21.1 Å². The third-order valence-electron chi connectivity index (χ3n) is 4.62. The van der Waals surface area contributed by atoms with E-state index in [9.17, 15) is 14.4 Å². The van der Waals surface area contributed by atoms with Gasteiger partial charge < -0.3 is 20.1 Å². The molecule has 2 aromatic rings. The molecule has 0 aliphatic carbocycles. The lowest BCUT2D eigenvalue weighted by Crippen LogP contribution is -2.54. The summed E-state index contributed by atoms with van der Waals surface area (Å²) in [6.45, 7) is 3.64. The summed E-state index contributed by atoms with van der Waals surface area (Å²) in [6.07, 6.45) is -0.570. The maximum absolute atomic E-state index is 12.9. The second-order valence-corrected chi connectivity index (χ2v) is 7.71. The van der Waals surface area contributed by atoms with Crippen LogP contribution in [0.4, 0.5) is 4.79 Å². The predicted molar refractivity (Wildman–Crippen MR) is 117 cm³/mol. The van der Waals surface area contributed by atoms with Crippen molar-refractivity contribution in [3.8, 4) is 0 Å². The van der Waals surface area contributed by atoms with Crippen molar-refractivity contribution in [3.05, 3.63) is 70.7 Å². The molecule has 0 unspecified atom stereocenters. The van der Waals surface area contributed by atoms with Crippen molar-refractivity contribution < 1.29 is 23.9 Å². The fourth-order valence-corrected chi connectivity index (χ4v) is 3.12. The number of benzene rings is 2. The number of ether oxygens (including phenoxy) is 2. The van der Waals surface area contributed by atoms with Gasteiger partial charge in [-0.1, -0.05) is 74.0 Å². The molecular formula is C23H27ClN2O5. The molecule has 0 aromatic heterocycles. The van der Waals surface area contributed by atoms with E-state index >= 15 is 0 Å². The molecule has 0 radical (unpaired) electrons. The molecule has 2 aromatic carbocycles. The largest absolute Gasteiger partial charge is 0.467 e. The third-order valence-corrected chi connectivity index (χ3v) is 4.99. The van der Waals surface area contributed by atoms with E-state index < -0.39 is 30.1 Å². The molecule has 0 bridgehead atoms. The van der Waals surface area contributed by atoms with Gasteiger partial charge >= 0.3 is 12.1 Å². The molecule has 2 N–H and O–H groups in total. The van der Waals surface area contributed by atoms with Gasteiger partial charge in [-0.3, -0.25) is 4.79 Å². The number of alkyl carbamates (subject to hydrolysis) is 1. The summed E-state index contributed by atoms with van der Waals surface area (Å²) in [5, 5.41) is 5.71. The van der Waals surface area contributed by atoms with Crippen molar-refractivity contribution in [2.45, 2.75) is 39.0 Å². The molecule has 2 rings (SSSR count). The van der Waals surface area contributed by atoms with Gasteiger partial charge in [0.15, 0.2) is 0 Å². The van der Waals surface area contributed by atoms with Crippen molar-refractivity contribution in [1.29, 1.82) is 0 Å². The van der Waals surface area contributed by atoms with Crippen LogP contribution in [-0.2, 0) is 32.1 Å². The number of carbonyl (C=O) groups is 3. The number of hydrogen-bond acceptors (Lipinski definition) is 5. The van der Waals surface area contributed by atoms with Gasteiger partial charge in [-0.25, -0.2) is 9.59 Å². The van der Waals surface area contributed by atoms with E-state index in [0.29, 0.717) is 10.6 Å². The van der Waals surface area contributed by atoms with E-state index in [1.165, 1.54) is 7.11 Å². The molecule has 0 aliphatic heterocycles. The number of hydrogen-bond donors (Lipinski definition) is 2. The molecule has 31 heavy (non-hydrogen) atoms. The monoisotopic (exact) mass is 446 g/mol. The van der Waals surface area contributed by atoms with Crippen molar-refractivity contribution in [1.82, 2.24) is 10.6 Å². The summed E-state index contributed by atoms with van der Waals surface area (Å²) in [4.78, 5) is 37.3. The van der Waals surface area contributed by atoms with Crippen LogP contribution in [0.3, 0.4) is 0 Å². The second-order valence-electron chi connectivity index (χ2n) is 7.31. The fourth-order valence-electron chi connectivity index (χ4n) is 2.91. The van der Waals surface area contributed by atoms with Crippen LogP contribution in [0, 0.1) is 5.92 Å². The summed E-state index contributed by atoms with van der Waals surface area (Å²) in [5.41, 5.74) is 1.52. The van der Waals surface area contributed by atoms with Crippen LogP contribution in [0.2, 0.25) is 5.02 Å². The fraction of sp³-hybridized carbons (Fsp3) is 0.348. The minimum Gasteiger partial charge on any atom is -0.467 e.